The highest BCUT2D eigenvalue weighted by atomic mass is 19.4. The van der Waals surface area contributed by atoms with Crippen LogP contribution in [0.4, 0.5) is 34.6 Å². The third-order valence-corrected chi connectivity index (χ3v) is 4.60. The molecule has 0 fully saturated rings. The van der Waals surface area contributed by atoms with Gasteiger partial charge in [0.25, 0.3) is 5.91 Å². The van der Waals surface area contributed by atoms with Gasteiger partial charge in [-0.3, -0.25) is 9.59 Å². The smallest absolute Gasteiger partial charge is 0.355 e. The van der Waals surface area contributed by atoms with E-state index in [1.807, 2.05) is 0 Å². The van der Waals surface area contributed by atoms with Gasteiger partial charge in [0.05, 0.1) is 16.8 Å². The molecular weight excluding hydrogens is 428 g/mol. The maximum Gasteiger partial charge on any atom is 0.416 e. The second kappa shape index (κ2) is 8.14. The second-order valence-corrected chi connectivity index (χ2v) is 6.79. The molecule has 0 radical (unpaired) electrons. The SMILES string of the molecule is O=C(Nc1ccc(Nc2ccnc3[nH]c(=O)ccc23)cc1)c1ccc(C(F)(F)F)cc1F. The standard InChI is InChI=1S/C22H14F4N4O2/c23-17-11-12(22(24,25)26)1-6-15(17)21(32)29-14-4-2-13(3-5-14)28-18-9-10-27-20-16(18)7-8-19(31)30-20/h1-11H,(H,29,32)(H2,27,28,30,31). The van der Waals surface area contributed by atoms with E-state index >= 15 is 0 Å². The van der Waals surface area contributed by atoms with Crippen LogP contribution in [-0.4, -0.2) is 15.9 Å². The van der Waals surface area contributed by atoms with Gasteiger partial charge in [-0.15, -0.1) is 0 Å². The van der Waals surface area contributed by atoms with Crippen molar-refractivity contribution in [2.45, 2.75) is 6.18 Å². The van der Waals surface area contributed by atoms with Crippen LogP contribution < -0.4 is 16.2 Å². The van der Waals surface area contributed by atoms with Gasteiger partial charge in [0, 0.05) is 29.0 Å². The van der Waals surface area contributed by atoms with E-state index in [9.17, 15) is 27.2 Å². The zero-order valence-corrected chi connectivity index (χ0v) is 16.1. The summed E-state index contributed by atoms with van der Waals surface area (Å²) in [6.07, 6.45) is -3.16. The predicted octanol–water partition coefficient (Wildman–Crippen LogP) is 5.08. The summed E-state index contributed by atoms with van der Waals surface area (Å²) in [5.41, 5.74) is 0.143. The lowest BCUT2D eigenvalue weighted by Gasteiger charge is -2.11. The molecule has 0 saturated heterocycles. The molecule has 10 heteroatoms. The molecule has 0 saturated carbocycles. The Hall–Kier alpha value is -4.21. The summed E-state index contributed by atoms with van der Waals surface area (Å²) in [4.78, 5) is 30.4. The van der Waals surface area contributed by atoms with Crippen molar-refractivity contribution in [2.24, 2.45) is 0 Å². The molecule has 162 valence electrons. The van der Waals surface area contributed by atoms with Crippen LogP contribution in [0.5, 0.6) is 0 Å². The number of nitrogens with one attached hydrogen (secondary N) is 3. The van der Waals surface area contributed by atoms with E-state index in [1.54, 1.807) is 36.4 Å². The lowest BCUT2D eigenvalue weighted by atomic mass is 10.1. The topological polar surface area (TPSA) is 86.9 Å². The number of rotatable bonds is 4. The normalized spacial score (nSPS) is 11.4. The van der Waals surface area contributed by atoms with Gasteiger partial charge < -0.3 is 15.6 Å². The second-order valence-electron chi connectivity index (χ2n) is 6.79. The van der Waals surface area contributed by atoms with Crippen LogP contribution in [0.1, 0.15) is 15.9 Å². The highest BCUT2D eigenvalue weighted by Gasteiger charge is 2.31. The first-order valence-corrected chi connectivity index (χ1v) is 9.24. The number of H-pyrrole nitrogens is 1. The van der Waals surface area contributed by atoms with E-state index in [0.717, 1.165) is 6.07 Å². The number of benzene rings is 2. The van der Waals surface area contributed by atoms with E-state index in [1.165, 1.54) is 12.3 Å². The van der Waals surface area contributed by atoms with E-state index in [2.05, 4.69) is 20.6 Å². The Morgan fingerprint density at radius 2 is 1.66 bits per heavy atom. The number of halogens is 4. The third-order valence-electron chi connectivity index (χ3n) is 4.60. The Balaban J connectivity index is 1.49. The molecule has 0 atom stereocenters. The van der Waals surface area contributed by atoms with Crippen LogP contribution in [0, 0.1) is 5.82 Å². The first-order valence-electron chi connectivity index (χ1n) is 9.24. The van der Waals surface area contributed by atoms with Gasteiger partial charge in [-0.1, -0.05) is 0 Å². The Bertz CT molecular complexity index is 1370. The molecule has 4 rings (SSSR count). The molecule has 0 aliphatic rings. The molecule has 0 spiro atoms. The summed E-state index contributed by atoms with van der Waals surface area (Å²) in [6.45, 7) is 0. The van der Waals surface area contributed by atoms with E-state index in [-0.39, 0.29) is 11.6 Å². The number of pyridine rings is 2. The van der Waals surface area contributed by atoms with Gasteiger partial charge in [0.15, 0.2) is 0 Å². The van der Waals surface area contributed by atoms with Crippen molar-refractivity contribution in [2.75, 3.05) is 10.6 Å². The fourth-order valence-electron chi connectivity index (χ4n) is 3.03. The van der Waals surface area contributed by atoms with Crippen molar-refractivity contribution < 1.29 is 22.4 Å². The monoisotopic (exact) mass is 442 g/mol. The van der Waals surface area contributed by atoms with Crippen LogP contribution >= 0.6 is 0 Å². The van der Waals surface area contributed by atoms with E-state index in [0.29, 0.717) is 34.2 Å². The Morgan fingerprint density at radius 1 is 0.938 bits per heavy atom. The molecule has 1 amide bonds. The number of carbonyl (C=O) groups excluding carboxylic acids is 1. The van der Waals surface area contributed by atoms with Gasteiger partial charge in [-0.2, -0.15) is 13.2 Å². The van der Waals surface area contributed by atoms with E-state index in [4.69, 9.17) is 0 Å². The molecule has 6 nitrogen and oxygen atoms in total. The summed E-state index contributed by atoms with van der Waals surface area (Å²) >= 11 is 0. The van der Waals surface area contributed by atoms with Crippen molar-refractivity contribution >= 4 is 34.0 Å². The van der Waals surface area contributed by atoms with Crippen molar-refractivity contribution in [1.82, 2.24) is 9.97 Å². The molecule has 0 aliphatic carbocycles. The largest absolute Gasteiger partial charge is 0.416 e. The minimum absolute atomic E-state index is 0.272. The molecule has 32 heavy (non-hydrogen) atoms. The fraction of sp³-hybridized carbons (Fsp3) is 0.0455. The average molecular weight is 442 g/mol. The Labute approximate surface area is 177 Å². The lowest BCUT2D eigenvalue weighted by Crippen LogP contribution is -2.15. The fourth-order valence-corrected chi connectivity index (χ4v) is 3.03. The number of hydrogen-bond acceptors (Lipinski definition) is 4. The number of aromatic nitrogens is 2. The van der Waals surface area contributed by atoms with Crippen LogP contribution in [0.3, 0.4) is 0 Å². The van der Waals surface area contributed by atoms with Gasteiger partial charge in [-0.25, -0.2) is 9.37 Å². The third kappa shape index (κ3) is 4.43. The van der Waals surface area contributed by atoms with Crippen molar-refractivity contribution in [3.8, 4) is 0 Å². The molecule has 2 aromatic carbocycles. The highest BCUT2D eigenvalue weighted by molar-refractivity contribution is 6.04. The summed E-state index contributed by atoms with van der Waals surface area (Å²) in [5, 5.41) is 6.31. The van der Waals surface area contributed by atoms with Crippen molar-refractivity contribution in [3.63, 3.8) is 0 Å². The van der Waals surface area contributed by atoms with Crippen LogP contribution in [0.25, 0.3) is 11.0 Å². The Morgan fingerprint density at radius 3 is 2.34 bits per heavy atom. The van der Waals surface area contributed by atoms with Gasteiger partial charge in [0.1, 0.15) is 11.5 Å². The van der Waals surface area contributed by atoms with Gasteiger partial charge in [-0.05, 0) is 54.6 Å². The first-order chi connectivity index (χ1) is 15.2. The summed E-state index contributed by atoms with van der Waals surface area (Å²) in [7, 11) is 0. The maximum atomic E-state index is 14.0. The highest BCUT2D eigenvalue weighted by Crippen LogP contribution is 2.30. The molecule has 0 aliphatic heterocycles. The van der Waals surface area contributed by atoms with Crippen molar-refractivity contribution in [1.29, 1.82) is 0 Å². The molecule has 2 aromatic heterocycles. The number of nitrogens with zero attached hydrogens (tertiary/aromatic N) is 1. The molecule has 0 bridgehead atoms. The number of fused-ring (bicyclic) bond motifs is 1. The van der Waals surface area contributed by atoms with Crippen LogP contribution in [0.15, 0.2) is 71.7 Å². The maximum absolute atomic E-state index is 14.0. The Kier molecular flexibility index (Phi) is 5.35. The summed E-state index contributed by atoms with van der Waals surface area (Å²) in [5.74, 6) is -2.14. The molecule has 3 N–H and O–H groups in total. The molecule has 2 heterocycles. The number of alkyl halides is 3. The zero-order valence-electron chi connectivity index (χ0n) is 16.1. The summed E-state index contributed by atoms with van der Waals surface area (Å²) < 4.78 is 52.0. The van der Waals surface area contributed by atoms with Gasteiger partial charge >= 0.3 is 6.18 Å². The number of aromatic amines is 1. The molecule has 0 unspecified atom stereocenters. The first kappa shape index (κ1) is 21.0. The lowest BCUT2D eigenvalue weighted by molar-refractivity contribution is -0.137. The zero-order chi connectivity index (χ0) is 22.9. The predicted molar refractivity (Wildman–Crippen MR) is 111 cm³/mol. The van der Waals surface area contributed by atoms with Gasteiger partial charge in [0.2, 0.25) is 5.56 Å². The number of hydrogen-bond donors (Lipinski definition) is 3. The average Bonchev–Trinajstić information content (AvgIpc) is 2.74. The van der Waals surface area contributed by atoms with Crippen molar-refractivity contribution in [3.05, 3.63) is 94.2 Å². The number of amides is 1. The van der Waals surface area contributed by atoms with Crippen LogP contribution in [-0.2, 0) is 6.18 Å². The quantitative estimate of drug-likeness (QED) is 0.385. The molecule has 4 aromatic rings. The summed E-state index contributed by atoms with van der Waals surface area (Å²) in [6, 6.07) is 12.9. The molecular formula is C22H14F4N4O2. The van der Waals surface area contributed by atoms with E-state index < -0.39 is 29.0 Å². The number of anilines is 3. The minimum atomic E-state index is -4.70. The number of carbonyl (C=O) groups is 1. The minimum Gasteiger partial charge on any atom is -0.355 e. The van der Waals surface area contributed by atoms with Crippen LogP contribution in [0.2, 0.25) is 0 Å².